The highest BCUT2D eigenvalue weighted by Gasteiger charge is 2.36. The summed E-state index contributed by atoms with van der Waals surface area (Å²) in [4.78, 5) is 68.7. The smallest absolute Gasteiger partial charge is 0.394 e. The number of amides is 2. The van der Waals surface area contributed by atoms with Crippen molar-refractivity contribution in [3.63, 3.8) is 0 Å². The SMILES string of the molecule is CC(C)C[C@H](N)C(=O)C[C@@H](Cc1cnc[nH]1)C(=O)N[C@@H](CO)C(=O)C[C@H](C(N)=O)[C@@H](C)OP(=O)(O)OCCCCCCCCc1ccccc1. The topological polar surface area (TPSA) is 237 Å². The molecule has 2 amide bonds. The summed E-state index contributed by atoms with van der Waals surface area (Å²) in [6.07, 6.45) is 7.88. The molecule has 0 aliphatic rings. The average molecular weight is 722 g/mol. The van der Waals surface area contributed by atoms with Gasteiger partial charge < -0.3 is 31.8 Å². The van der Waals surface area contributed by atoms with E-state index in [4.69, 9.17) is 20.5 Å². The molecule has 8 N–H and O–H groups in total. The minimum absolute atomic E-state index is 0.0338. The van der Waals surface area contributed by atoms with E-state index >= 15 is 0 Å². The summed E-state index contributed by atoms with van der Waals surface area (Å²) < 4.78 is 22.9. The number of carbonyl (C=O) groups is 4. The van der Waals surface area contributed by atoms with Gasteiger partial charge in [-0.1, -0.05) is 69.9 Å². The van der Waals surface area contributed by atoms with Crippen molar-refractivity contribution in [3.8, 4) is 0 Å². The first kappa shape index (κ1) is 42.9. The first-order valence-corrected chi connectivity index (χ1v) is 18.9. The van der Waals surface area contributed by atoms with Crippen LogP contribution in [-0.4, -0.2) is 74.8 Å². The molecule has 1 heterocycles. The summed E-state index contributed by atoms with van der Waals surface area (Å²) in [5.74, 6) is -4.90. The molecule has 1 unspecified atom stereocenters. The van der Waals surface area contributed by atoms with E-state index in [1.54, 1.807) is 0 Å². The van der Waals surface area contributed by atoms with Crippen LogP contribution in [-0.2, 0) is 45.6 Å². The van der Waals surface area contributed by atoms with Crippen molar-refractivity contribution in [3.05, 3.63) is 54.1 Å². The number of primary amides is 1. The summed E-state index contributed by atoms with van der Waals surface area (Å²) in [5, 5.41) is 12.5. The van der Waals surface area contributed by atoms with Crippen molar-refractivity contribution in [2.45, 2.75) is 110 Å². The number of ketones is 2. The van der Waals surface area contributed by atoms with Crippen molar-refractivity contribution >= 4 is 31.2 Å². The lowest BCUT2D eigenvalue weighted by molar-refractivity contribution is -0.135. The molecule has 0 aliphatic heterocycles. The van der Waals surface area contributed by atoms with Gasteiger partial charge in [0.1, 0.15) is 11.8 Å². The number of carbonyl (C=O) groups excluding carboxylic acids is 4. The highest BCUT2D eigenvalue weighted by Crippen LogP contribution is 2.46. The number of phosphoric acid groups is 1. The Balaban J connectivity index is 1.86. The number of nitrogens with zero attached hydrogens (tertiary/aromatic N) is 1. The zero-order valence-electron chi connectivity index (χ0n) is 29.5. The van der Waals surface area contributed by atoms with Crippen LogP contribution in [0.25, 0.3) is 0 Å². The standard InChI is InChI=1S/C35H56N5O9P/c1-24(2)17-30(36)32(42)19-27(18-28-21-38-23-39-28)35(45)40-31(22-41)33(43)20-29(34(37)44)25(3)49-50(46,47)48-16-12-7-5-4-6-9-13-26-14-10-8-11-15-26/h8,10-11,14-15,21,23-25,27,29-31,41H,4-7,9,12-13,16-20,22,36H2,1-3H3,(H2,37,44)(H,38,39)(H,40,45)(H,46,47)/t25-,27-,29+,30+,31+/m1/s1. The van der Waals surface area contributed by atoms with Crippen LogP contribution in [0.3, 0.4) is 0 Å². The minimum Gasteiger partial charge on any atom is -0.394 e. The number of aryl methyl sites for hydroxylation is 1. The van der Waals surface area contributed by atoms with E-state index in [9.17, 15) is 33.7 Å². The molecule has 1 aromatic carbocycles. The van der Waals surface area contributed by atoms with E-state index in [-0.39, 0.29) is 31.1 Å². The van der Waals surface area contributed by atoms with Gasteiger partial charge in [-0.3, -0.25) is 28.2 Å². The van der Waals surface area contributed by atoms with E-state index in [0.29, 0.717) is 18.5 Å². The fourth-order valence-corrected chi connectivity index (χ4v) is 6.59. The number of aliphatic hydroxyl groups excluding tert-OH is 1. The van der Waals surface area contributed by atoms with Gasteiger partial charge >= 0.3 is 7.82 Å². The second kappa shape index (κ2) is 22.5. The Hall–Kier alpha value is -3.26. The number of nitrogens with two attached hydrogens (primary N) is 2. The largest absolute Gasteiger partial charge is 0.472 e. The van der Waals surface area contributed by atoms with Crippen LogP contribution in [0.15, 0.2) is 42.9 Å². The number of hydrogen-bond donors (Lipinski definition) is 6. The van der Waals surface area contributed by atoms with Gasteiger partial charge in [-0.2, -0.15) is 0 Å². The van der Waals surface area contributed by atoms with Crippen molar-refractivity contribution < 1.29 is 42.8 Å². The highest BCUT2D eigenvalue weighted by atomic mass is 31.2. The Kier molecular flexibility index (Phi) is 19.3. The molecule has 50 heavy (non-hydrogen) atoms. The van der Waals surface area contributed by atoms with Crippen molar-refractivity contribution in [1.29, 1.82) is 0 Å². The molecule has 0 saturated carbocycles. The normalized spacial score (nSPS) is 15.8. The number of nitrogens with one attached hydrogen (secondary N) is 2. The van der Waals surface area contributed by atoms with Gasteiger partial charge in [-0.25, -0.2) is 9.55 Å². The molecule has 15 heteroatoms. The van der Waals surface area contributed by atoms with Gasteiger partial charge in [-0.05, 0) is 44.1 Å². The fourth-order valence-electron chi connectivity index (χ4n) is 5.60. The van der Waals surface area contributed by atoms with Crippen LogP contribution in [0.2, 0.25) is 0 Å². The number of phosphoric ester groups is 1. The maximum absolute atomic E-state index is 13.3. The summed E-state index contributed by atoms with van der Waals surface area (Å²) >= 11 is 0. The van der Waals surface area contributed by atoms with Gasteiger partial charge in [0.2, 0.25) is 11.8 Å². The van der Waals surface area contributed by atoms with Crippen LogP contribution in [0, 0.1) is 17.8 Å². The van der Waals surface area contributed by atoms with E-state index in [1.807, 2.05) is 32.0 Å². The second-order valence-electron chi connectivity index (χ2n) is 13.3. The molecule has 0 saturated heterocycles. The number of benzene rings is 1. The monoisotopic (exact) mass is 721 g/mol. The predicted octanol–water partition coefficient (Wildman–Crippen LogP) is 3.54. The molecule has 0 spiro atoms. The summed E-state index contributed by atoms with van der Waals surface area (Å²) in [6, 6.07) is 8.06. The Morgan fingerprint density at radius 3 is 2.24 bits per heavy atom. The Morgan fingerprint density at radius 2 is 1.64 bits per heavy atom. The van der Waals surface area contributed by atoms with Gasteiger partial charge in [0.25, 0.3) is 0 Å². The molecular formula is C35H56N5O9P. The molecule has 1 aromatic heterocycles. The number of unbranched alkanes of at least 4 members (excludes halogenated alkanes) is 5. The second-order valence-corrected chi connectivity index (χ2v) is 14.7. The molecule has 280 valence electrons. The first-order valence-electron chi connectivity index (χ1n) is 17.4. The zero-order valence-corrected chi connectivity index (χ0v) is 30.4. The lowest BCUT2D eigenvalue weighted by atomic mass is 9.90. The van der Waals surface area contributed by atoms with Crippen molar-refractivity contribution in [2.75, 3.05) is 13.2 Å². The zero-order chi connectivity index (χ0) is 37.1. The Morgan fingerprint density at radius 1 is 0.980 bits per heavy atom. The quantitative estimate of drug-likeness (QED) is 0.0576. The summed E-state index contributed by atoms with van der Waals surface area (Å²) in [5.41, 5.74) is 13.5. The van der Waals surface area contributed by atoms with Crippen molar-refractivity contribution in [2.24, 2.45) is 29.2 Å². The first-order chi connectivity index (χ1) is 23.7. The van der Waals surface area contributed by atoms with Gasteiger partial charge in [-0.15, -0.1) is 0 Å². The van der Waals surface area contributed by atoms with Crippen LogP contribution in [0.5, 0.6) is 0 Å². The molecule has 0 radical (unpaired) electrons. The summed E-state index contributed by atoms with van der Waals surface area (Å²) in [7, 11) is -4.60. The molecule has 0 aliphatic carbocycles. The summed E-state index contributed by atoms with van der Waals surface area (Å²) in [6.45, 7) is 4.32. The number of H-pyrrole nitrogens is 1. The Labute approximate surface area is 295 Å². The van der Waals surface area contributed by atoms with Gasteiger partial charge in [0.15, 0.2) is 5.78 Å². The number of Topliss-reactive ketones (excluding diaryl/α,β-unsaturated/α-hetero) is 2. The molecule has 0 fully saturated rings. The van der Waals surface area contributed by atoms with E-state index in [0.717, 1.165) is 38.5 Å². The number of aromatic nitrogens is 2. The van der Waals surface area contributed by atoms with E-state index in [1.165, 1.54) is 25.0 Å². The number of imidazole rings is 1. The van der Waals surface area contributed by atoms with Crippen LogP contribution in [0.4, 0.5) is 0 Å². The van der Waals surface area contributed by atoms with Gasteiger partial charge in [0.05, 0.1) is 43.5 Å². The maximum atomic E-state index is 13.3. The lowest BCUT2D eigenvalue weighted by Gasteiger charge is -2.25. The van der Waals surface area contributed by atoms with Crippen LogP contribution < -0.4 is 16.8 Å². The van der Waals surface area contributed by atoms with Crippen LogP contribution in [0.1, 0.15) is 89.8 Å². The third-order valence-corrected chi connectivity index (χ3v) is 9.58. The maximum Gasteiger partial charge on any atom is 0.472 e. The molecule has 6 atom stereocenters. The minimum atomic E-state index is -4.60. The van der Waals surface area contributed by atoms with Crippen LogP contribution >= 0.6 is 7.82 Å². The van der Waals surface area contributed by atoms with Crippen molar-refractivity contribution in [1.82, 2.24) is 15.3 Å². The van der Waals surface area contributed by atoms with E-state index in [2.05, 4.69) is 27.4 Å². The molecule has 0 bridgehead atoms. The third kappa shape index (κ3) is 16.6. The molecule has 2 rings (SSSR count). The third-order valence-electron chi connectivity index (χ3n) is 8.48. The number of aromatic amines is 1. The van der Waals surface area contributed by atoms with Gasteiger partial charge in [0, 0.05) is 31.2 Å². The highest BCUT2D eigenvalue weighted by molar-refractivity contribution is 7.47. The molecule has 14 nitrogen and oxygen atoms in total. The average Bonchev–Trinajstić information content (AvgIpc) is 3.57. The Bertz CT molecular complexity index is 1360. The van der Waals surface area contributed by atoms with E-state index < -0.39 is 68.5 Å². The number of aliphatic hydroxyl groups is 1. The lowest BCUT2D eigenvalue weighted by Crippen LogP contribution is -2.48. The molecular weight excluding hydrogens is 665 g/mol. The fraction of sp³-hybridized carbons (Fsp3) is 0.629. The molecule has 2 aromatic rings. The number of hydrogen-bond acceptors (Lipinski definition) is 10. The number of rotatable bonds is 27. The predicted molar refractivity (Wildman–Crippen MR) is 188 cm³/mol.